The first kappa shape index (κ1) is 15.2. The SMILES string of the molecule is CCN1C(=O)COc2cc(NC(=O)C(Cl)(Cl)Cl)ccc21. The third kappa shape index (κ3) is 3.11. The van der Waals surface area contributed by atoms with Crippen molar-refractivity contribution in [3.8, 4) is 5.75 Å². The smallest absolute Gasteiger partial charge is 0.276 e. The lowest BCUT2D eigenvalue weighted by Gasteiger charge is -2.28. The molecule has 0 aromatic heterocycles. The van der Waals surface area contributed by atoms with Crippen molar-refractivity contribution in [1.29, 1.82) is 0 Å². The molecule has 1 aromatic rings. The zero-order valence-electron chi connectivity index (χ0n) is 10.5. The van der Waals surface area contributed by atoms with Crippen LogP contribution in [0, 0.1) is 0 Å². The van der Waals surface area contributed by atoms with Gasteiger partial charge in [0, 0.05) is 18.3 Å². The highest BCUT2D eigenvalue weighted by atomic mass is 35.6. The van der Waals surface area contributed by atoms with E-state index in [1.54, 1.807) is 23.1 Å². The van der Waals surface area contributed by atoms with E-state index in [9.17, 15) is 9.59 Å². The molecule has 0 saturated heterocycles. The zero-order valence-corrected chi connectivity index (χ0v) is 12.7. The van der Waals surface area contributed by atoms with E-state index in [1.807, 2.05) is 6.92 Å². The average Bonchev–Trinajstić information content (AvgIpc) is 2.37. The summed E-state index contributed by atoms with van der Waals surface area (Å²) in [6.07, 6.45) is 0. The number of likely N-dealkylation sites (N-methyl/N-ethyl adjacent to an activating group) is 1. The number of amides is 2. The van der Waals surface area contributed by atoms with E-state index in [0.717, 1.165) is 0 Å². The highest BCUT2D eigenvalue weighted by Crippen LogP contribution is 2.35. The van der Waals surface area contributed by atoms with E-state index in [1.165, 1.54) is 0 Å². The van der Waals surface area contributed by atoms with E-state index in [4.69, 9.17) is 39.5 Å². The Balaban J connectivity index is 2.25. The van der Waals surface area contributed by atoms with E-state index in [2.05, 4.69) is 5.32 Å². The van der Waals surface area contributed by atoms with Gasteiger partial charge in [-0.25, -0.2) is 0 Å². The molecule has 1 aromatic carbocycles. The molecule has 0 unspecified atom stereocenters. The fraction of sp³-hybridized carbons (Fsp3) is 0.333. The van der Waals surface area contributed by atoms with Gasteiger partial charge in [0.15, 0.2) is 6.61 Å². The molecule has 5 nitrogen and oxygen atoms in total. The third-order valence-electron chi connectivity index (χ3n) is 2.73. The minimum Gasteiger partial charge on any atom is -0.481 e. The van der Waals surface area contributed by atoms with Crippen LogP contribution in [0.4, 0.5) is 11.4 Å². The van der Waals surface area contributed by atoms with Gasteiger partial charge in [0.05, 0.1) is 5.69 Å². The summed E-state index contributed by atoms with van der Waals surface area (Å²) >= 11 is 16.4. The molecule has 0 saturated carbocycles. The molecule has 1 aliphatic heterocycles. The largest absolute Gasteiger partial charge is 0.481 e. The Morgan fingerprint density at radius 3 is 2.75 bits per heavy atom. The van der Waals surface area contributed by atoms with Gasteiger partial charge in [0.25, 0.3) is 15.6 Å². The molecule has 0 spiro atoms. The Labute approximate surface area is 130 Å². The van der Waals surface area contributed by atoms with Gasteiger partial charge in [-0.15, -0.1) is 0 Å². The number of nitrogens with zero attached hydrogens (tertiary/aromatic N) is 1. The highest BCUT2D eigenvalue weighted by molar-refractivity contribution is 6.76. The van der Waals surface area contributed by atoms with E-state index in [0.29, 0.717) is 23.7 Å². The molecule has 2 rings (SSSR count). The van der Waals surface area contributed by atoms with E-state index in [-0.39, 0.29) is 12.5 Å². The molecule has 0 atom stereocenters. The second kappa shape index (κ2) is 5.68. The van der Waals surface area contributed by atoms with Crippen LogP contribution in [0.1, 0.15) is 6.92 Å². The Bertz CT molecular complexity index is 557. The molecule has 2 amide bonds. The lowest BCUT2D eigenvalue weighted by Crippen LogP contribution is -2.38. The molecule has 1 heterocycles. The lowest BCUT2D eigenvalue weighted by atomic mass is 10.2. The van der Waals surface area contributed by atoms with Crippen molar-refractivity contribution in [1.82, 2.24) is 0 Å². The Morgan fingerprint density at radius 2 is 2.15 bits per heavy atom. The number of fused-ring (bicyclic) bond motifs is 1. The molecule has 1 N–H and O–H groups in total. The predicted octanol–water partition coefficient (Wildman–Crippen LogP) is 2.74. The number of carbonyl (C=O) groups is 2. The van der Waals surface area contributed by atoms with E-state index >= 15 is 0 Å². The van der Waals surface area contributed by atoms with Crippen LogP contribution in [0.2, 0.25) is 0 Å². The molecular weight excluding hydrogens is 327 g/mol. The van der Waals surface area contributed by atoms with Gasteiger partial charge < -0.3 is 15.0 Å². The Hall–Kier alpha value is -1.17. The minimum atomic E-state index is -2.04. The average molecular weight is 338 g/mol. The second-order valence-electron chi connectivity index (χ2n) is 4.06. The highest BCUT2D eigenvalue weighted by Gasteiger charge is 2.31. The lowest BCUT2D eigenvalue weighted by molar-refractivity contribution is -0.121. The topological polar surface area (TPSA) is 58.6 Å². The molecule has 20 heavy (non-hydrogen) atoms. The summed E-state index contributed by atoms with van der Waals surface area (Å²) in [6, 6.07) is 4.86. The van der Waals surface area contributed by atoms with Crippen molar-refractivity contribution in [3.05, 3.63) is 18.2 Å². The number of rotatable bonds is 2. The Morgan fingerprint density at radius 1 is 1.45 bits per heavy atom. The number of alkyl halides is 3. The molecule has 108 valence electrons. The number of hydrogen-bond acceptors (Lipinski definition) is 3. The van der Waals surface area contributed by atoms with Gasteiger partial charge in [0.1, 0.15) is 5.75 Å². The number of halogens is 3. The third-order valence-corrected chi connectivity index (χ3v) is 3.25. The first-order chi connectivity index (χ1) is 9.32. The van der Waals surface area contributed by atoms with Crippen LogP contribution in [0.3, 0.4) is 0 Å². The van der Waals surface area contributed by atoms with Crippen LogP contribution in [-0.4, -0.2) is 28.8 Å². The van der Waals surface area contributed by atoms with Crippen LogP contribution >= 0.6 is 34.8 Å². The van der Waals surface area contributed by atoms with Crippen molar-refractivity contribution in [2.75, 3.05) is 23.4 Å². The Kier molecular flexibility index (Phi) is 4.32. The summed E-state index contributed by atoms with van der Waals surface area (Å²) in [5.41, 5.74) is 1.07. The molecule has 0 fully saturated rings. The number of carbonyl (C=O) groups excluding carboxylic acids is 2. The van der Waals surface area contributed by atoms with Crippen LogP contribution in [0.5, 0.6) is 5.75 Å². The number of ether oxygens (including phenoxy) is 1. The van der Waals surface area contributed by atoms with Crippen LogP contribution in [-0.2, 0) is 9.59 Å². The van der Waals surface area contributed by atoms with Gasteiger partial charge >= 0.3 is 0 Å². The molecular formula is C12H11Cl3N2O3. The first-order valence-corrected chi connectivity index (χ1v) is 6.91. The van der Waals surface area contributed by atoms with Crippen molar-refractivity contribution in [2.24, 2.45) is 0 Å². The first-order valence-electron chi connectivity index (χ1n) is 5.78. The molecule has 0 bridgehead atoms. The van der Waals surface area contributed by atoms with Crippen LogP contribution in [0.15, 0.2) is 18.2 Å². The summed E-state index contributed by atoms with van der Waals surface area (Å²) < 4.78 is 3.29. The van der Waals surface area contributed by atoms with Crippen molar-refractivity contribution in [2.45, 2.75) is 10.7 Å². The molecule has 1 aliphatic rings. The van der Waals surface area contributed by atoms with Gasteiger partial charge in [-0.1, -0.05) is 34.8 Å². The fourth-order valence-corrected chi connectivity index (χ4v) is 1.97. The summed E-state index contributed by atoms with van der Waals surface area (Å²) in [6.45, 7) is 2.36. The maximum atomic E-state index is 11.7. The number of nitrogens with one attached hydrogen (secondary N) is 1. The summed E-state index contributed by atoms with van der Waals surface area (Å²) in [5.74, 6) is -0.381. The van der Waals surface area contributed by atoms with E-state index < -0.39 is 9.70 Å². The summed E-state index contributed by atoms with van der Waals surface area (Å²) in [5, 5.41) is 2.46. The van der Waals surface area contributed by atoms with Crippen molar-refractivity contribution in [3.63, 3.8) is 0 Å². The summed E-state index contributed by atoms with van der Waals surface area (Å²) in [7, 11) is 0. The van der Waals surface area contributed by atoms with Crippen molar-refractivity contribution < 1.29 is 14.3 Å². The fourth-order valence-electron chi connectivity index (χ4n) is 1.83. The number of benzene rings is 1. The van der Waals surface area contributed by atoms with Gasteiger partial charge in [-0.3, -0.25) is 9.59 Å². The standard InChI is InChI=1S/C12H11Cl3N2O3/c1-2-17-8-4-3-7(16-11(19)12(13,14)15)5-9(8)20-6-10(17)18/h3-5H,2,6H2,1H3,(H,16,19). The van der Waals surface area contributed by atoms with Gasteiger partial charge in [-0.05, 0) is 19.1 Å². The molecule has 8 heteroatoms. The minimum absolute atomic E-state index is 0.0390. The van der Waals surface area contributed by atoms with Crippen molar-refractivity contribution >= 4 is 58.0 Å². The van der Waals surface area contributed by atoms with Gasteiger partial charge in [0.2, 0.25) is 0 Å². The molecule has 0 radical (unpaired) electrons. The summed E-state index contributed by atoms with van der Waals surface area (Å²) in [4.78, 5) is 24.8. The van der Waals surface area contributed by atoms with Gasteiger partial charge in [-0.2, -0.15) is 0 Å². The van der Waals surface area contributed by atoms with Crippen LogP contribution < -0.4 is 15.0 Å². The normalized spacial score (nSPS) is 14.6. The predicted molar refractivity (Wildman–Crippen MR) is 78.9 cm³/mol. The number of hydrogen-bond donors (Lipinski definition) is 1. The number of anilines is 2. The zero-order chi connectivity index (χ0) is 14.9. The molecule has 0 aliphatic carbocycles. The maximum Gasteiger partial charge on any atom is 0.276 e. The van der Waals surface area contributed by atoms with Crippen LogP contribution in [0.25, 0.3) is 0 Å². The quantitative estimate of drug-likeness (QED) is 0.844. The second-order valence-corrected chi connectivity index (χ2v) is 6.34. The monoisotopic (exact) mass is 336 g/mol. The maximum absolute atomic E-state index is 11.7.